The molecule has 0 spiro atoms. The first-order valence-electron chi connectivity index (χ1n) is 6.44. The number of benzene rings is 2. The second kappa shape index (κ2) is 7.09. The molecule has 0 atom stereocenters. The molecule has 2 amide bonds. The second-order valence-corrected chi connectivity index (χ2v) is 4.40. The Morgan fingerprint density at radius 2 is 1.76 bits per heavy atom. The summed E-state index contributed by atoms with van der Waals surface area (Å²) in [6.45, 7) is 0.419. The van der Waals surface area contributed by atoms with Crippen molar-refractivity contribution in [1.29, 1.82) is 0 Å². The number of amides is 2. The summed E-state index contributed by atoms with van der Waals surface area (Å²) >= 11 is 0. The molecule has 2 aromatic rings. The lowest BCUT2D eigenvalue weighted by Crippen LogP contribution is -2.28. The monoisotopic (exact) mass is 284 g/mol. The number of ether oxygens (including phenoxy) is 1. The molecule has 0 fully saturated rings. The molecular formula is C16H16N2O3. The Balaban J connectivity index is 1.84. The number of carbonyl (C=O) groups is 2. The van der Waals surface area contributed by atoms with Crippen molar-refractivity contribution in [2.75, 3.05) is 12.4 Å². The first kappa shape index (κ1) is 14.6. The minimum atomic E-state index is -0.301. The highest BCUT2D eigenvalue weighted by Crippen LogP contribution is 2.11. The van der Waals surface area contributed by atoms with Crippen LogP contribution in [0.3, 0.4) is 0 Å². The Kier molecular flexibility index (Phi) is 4.93. The lowest BCUT2D eigenvalue weighted by molar-refractivity contribution is 0.112. The molecule has 5 heteroatoms. The molecular weight excluding hydrogens is 268 g/mol. The Morgan fingerprint density at radius 1 is 1.10 bits per heavy atom. The minimum Gasteiger partial charge on any atom is -0.497 e. The molecule has 0 aliphatic rings. The Bertz CT molecular complexity index is 606. The van der Waals surface area contributed by atoms with Gasteiger partial charge in [0.2, 0.25) is 0 Å². The molecule has 0 aromatic heterocycles. The van der Waals surface area contributed by atoms with Gasteiger partial charge in [-0.15, -0.1) is 0 Å². The van der Waals surface area contributed by atoms with Gasteiger partial charge in [-0.2, -0.15) is 0 Å². The van der Waals surface area contributed by atoms with E-state index in [0.29, 0.717) is 17.8 Å². The van der Waals surface area contributed by atoms with Crippen molar-refractivity contribution in [3.63, 3.8) is 0 Å². The van der Waals surface area contributed by atoms with Gasteiger partial charge in [0.05, 0.1) is 7.11 Å². The molecule has 0 aliphatic carbocycles. The molecule has 0 radical (unpaired) electrons. The molecule has 5 nitrogen and oxygen atoms in total. The third-order valence-electron chi connectivity index (χ3n) is 2.92. The van der Waals surface area contributed by atoms with Crippen LogP contribution < -0.4 is 15.4 Å². The summed E-state index contributed by atoms with van der Waals surface area (Å²) in [5.41, 5.74) is 2.18. The van der Waals surface area contributed by atoms with Gasteiger partial charge in [-0.3, -0.25) is 4.79 Å². The topological polar surface area (TPSA) is 67.4 Å². The van der Waals surface area contributed by atoms with Crippen molar-refractivity contribution in [3.8, 4) is 5.75 Å². The van der Waals surface area contributed by atoms with E-state index in [9.17, 15) is 9.59 Å². The number of nitrogens with one attached hydrogen (secondary N) is 2. The van der Waals surface area contributed by atoms with Crippen LogP contribution in [-0.4, -0.2) is 19.4 Å². The summed E-state index contributed by atoms with van der Waals surface area (Å²) in [7, 11) is 1.61. The molecule has 0 heterocycles. The zero-order valence-corrected chi connectivity index (χ0v) is 11.6. The van der Waals surface area contributed by atoms with E-state index in [1.54, 1.807) is 31.4 Å². The average molecular weight is 284 g/mol. The van der Waals surface area contributed by atoms with Gasteiger partial charge in [0.25, 0.3) is 0 Å². The molecule has 0 unspecified atom stereocenters. The van der Waals surface area contributed by atoms with Gasteiger partial charge in [0.1, 0.15) is 12.0 Å². The van der Waals surface area contributed by atoms with Crippen LogP contribution in [0.15, 0.2) is 48.5 Å². The largest absolute Gasteiger partial charge is 0.497 e. The van der Waals surface area contributed by atoms with E-state index in [1.807, 2.05) is 24.3 Å². The Hall–Kier alpha value is -2.82. The van der Waals surface area contributed by atoms with Crippen molar-refractivity contribution < 1.29 is 14.3 Å². The van der Waals surface area contributed by atoms with Crippen molar-refractivity contribution in [3.05, 3.63) is 59.7 Å². The molecule has 0 aliphatic heterocycles. The quantitative estimate of drug-likeness (QED) is 0.830. The fourth-order valence-corrected chi connectivity index (χ4v) is 1.75. The molecule has 21 heavy (non-hydrogen) atoms. The van der Waals surface area contributed by atoms with Gasteiger partial charge < -0.3 is 15.4 Å². The number of urea groups is 1. The predicted octanol–water partition coefficient (Wildman–Crippen LogP) is 2.83. The first-order valence-corrected chi connectivity index (χ1v) is 6.44. The number of carbonyl (C=O) groups excluding carboxylic acids is 2. The third-order valence-corrected chi connectivity index (χ3v) is 2.92. The number of hydrogen-bond acceptors (Lipinski definition) is 3. The molecule has 0 bridgehead atoms. The number of rotatable bonds is 5. The van der Waals surface area contributed by atoms with Crippen molar-refractivity contribution >= 4 is 18.0 Å². The van der Waals surface area contributed by atoms with E-state index >= 15 is 0 Å². The summed E-state index contributed by atoms with van der Waals surface area (Å²) in [6.07, 6.45) is 0.757. The third kappa shape index (κ3) is 4.35. The highest BCUT2D eigenvalue weighted by atomic mass is 16.5. The molecule has 2 N–H and O–H groups in total. The lowest BCUT2D eigenvalue weighted by atomic mass is 10.2. The first-order chi connectivity index (χ1) is 10.2. The van der Waals surface area contributed by atoms with Crippen LogP contribution in [0, 0.1) is 0 Å². The maximum absolute atomic E-state index is 11.7. The maximum atomic E-state index is 11.7. The van der Waals surface area contributed by atoms with E-state index < -0.39 is 0 Å². The SMILES string of the molecule is COc1ccc(CNC(=O)Nc2ccc(C=O)cc2)cc1. The fraction of sp³-hybridized carbons (Fsp3) is 0.125. The number of hydrogen-bond donors (Lipinski definition) is 2. The maximum Gasteiger partial charge on any atom is 0.319 e. The zero-order chi connectivity index (χ0) is 15.1. The normalized spacial score (nSPS) is 9.76. The van der Waals surface area contributed by atoms with Crippen molar-refractivity contribution in [1.82, 2.24) is 5.32 Å². The highest BCUT2D eigenvalue weighted by molar-refractivity contribution is 5.89. The van der Waals surface area contributed by atoms with E-state index in [-0.39, 0.29) is 6.03 Å². The van der Waals surface area contributed by atoms with Gasteiger partial charge in [-0.1, -0.05) is 12.1 Å². The van der Waals surface area contributed by atoms with E-state index in [4.69, 9.17) is 4.74 Å². The van der Waals surface area contributed by atoms with Crippen LogP contribution in [0.5, 0.6) is 5.75 Å². The summed E-state index contributed by atoms with van der Waals surface area (Å²) in [4.78, 5) is 22.3. The number of anilines is 1. The lowest BCUT2D eigenvalue weighted by Gasteiger charge is -2.08. The van der Waals surface area contributed by atoms with Crippen LogP contribution in [0.1, 0.15) is 15.9 Å². The van der Waals surface area contributed by atoms with Gasteiger partial charge >= 0.3 is 6.03 Å². The number of methoxy groups -OCH3 is 1. The zero-order valence-electron chi connectivity index (χ0n) is 11.6. The fourth-order valence-electron chi connectivity index (χ4n) is 1.75. The summed E-state index contributed by atoms with van der Waals surface area (Å²) in [5, 5.41) is 5.45. The Morgan fingerprint density at radius 3 is 2.33 bits per heavy atom. The van der Waals surface area contributed by atoms with Crippen molar-refractivity contribution in [2.45, 2.75) is 6.54 Å². The standard InChI is InChI=1S/C16H16N2O3/c1-21-15-8-4-12(5-9-15)10-17-16(20)18-14-6-2-13(11-19)3-7-14/h2-9,11H,10H2,1H3,(H2,17,18,20). The molecule has 2 aromatic carbocycles. The summed E-state index contributed by atoms with van der Waals surface area (Å²) < 4.78 is 5.07. The van der Waals surface area contributed by atoms with E-state index in [0.717, 1.165) is 17.6 Å². The molecule has 108 valence electrons. The summed E-state index contributed by atoms with van der Waals surface area (Å²) in [6, 6.07) is 13.8. The summed E-state index contributed by atoms with van der Waals surface area (Å²) in [5.74, 6) is 0.776. The smallest absolute Gasteiger partial charge is 0.319 e. The van der Waals surface area contributed by atoms with Crippen molar-refractivity contribution in [2.24, 2.45) is 0 Å². The van der Waals surface area contributed by atoms with E-state index in [1.165, 1.54) is 0 Å². The van der Waals surface area contributed by atoms with Crippen LogP contribution in [0.4, 0.5) is 10.5 Å². The highest BCUT2D eigenvalue weighted by Gasteiger charge is 2.02. The van der Waals surface area contributed by atoms with E-state index in [2.05, 4.69) is 10.6 Å². The van der Waals surface area contributed by atoms with Crippen LogP contribution in [-0.2, 0) is 6.54 Å². The minimum absolute atomic E-state index is 0.301. The molecule has 0 saturated heterocycles. The predicted molar refractivity (Wildman–Crippen MR) is 80.7 cm³/mol. The van der Waals surface area contributed by atoms with Crippen LogP contribution >= 0.6 is 0 Å². The molecule has 0 saturated carbocycles. The van der Waals surface area contributed by atoms with Gasteiger partial charge in [0, 0.05) is 17.8 Å². The van der Waals surface area contributed by atoms with Gasteiger partial charge in [-0.25, -0.2) is 4.79 Å². The van der Waals surface area contributed by atoms with Crippen LogP contribution in [0.25, 0.3) is 0 Å². The van der Waals surface area contributed by atoms with Gasteiger partial charge in [0.15, 0.2) is 0 Å². The van der Waals surface area contributed by atoms with Gasteiger partial charge in [-0.05, 0) is 42.0 Å². The number of aldehydes is 1. The van der Waals surface area contributed by atoms with Crippen LogP contribution in [0.2, 0.25) is 0 Å². The molecule has 2 rings (SSSR count). The Labute approximate surface area is 122 Å². The average Bonchev–Trinajstić information content (AvgIpc) is 2.54. The second-order valence-electron chi connectivity index (χ2n) is 4.40.